The molecule has 0 spiro atoms. The molecular weight excluding hydrogens is 356 g/mol. The van der Waals surface area contributed by atoms with Gasteiger partial charge in [0.15, 0.2) is 0 Å². The Bertz CT molecular complexity index is 674. The number of nitrogens with one attached hydrogen (secondary N) is 1. The molecule has 2 heterocycles. The molecular formula is C18H30N2O3S2. The van der Waals surface area contributed by atoms with E-state index in [1.165, 1.54) is 10.4 Å². The van der Waals surface area contributed by atoms with E-state index < -0.39 is 10.0 Å². The van der Waals surface area contributed by atoms with E-state index in [0.717, 1.165) is 24.1 Å². The van der Waals surface area contributed by atoms with Crippen molar-refractivity contribution in [1.82, 2.24) is 9.62 Å². The van der Waals surface area contributed by atoms with Crippen molar-refractivity contribution in [2.75, 3.05) is 18.8 Å². The first-order chi connectivity index (χ1) is 11.9. The minimum absolute atomic E-state index is 0.0167. The Morgan fingerprint density at radius 2 is 1.92 bits per heavy atom. The highest BCUT2D eigenvalue weighted by molar-refractivity contribution is 7.89. The van der Waals surface area contributed by atoms with Gasteiger partial charge in [0, 0.05) is 24.0 Å². The minimum Gasteiger partial charge on any atom is -0.349 e. The van der Waals surface area contributed by atoms with E-state index in [2.05, 4.69) is 19.2 Å². The molecule has 0 atom stereocenters. The number of thiophene rings is 1. The summed E-state index contributed by atoms with van der Waals surface area (Å²) in [6.07, 6.45) is 5.06. The zero-order chi connectivity index (χ0) is 18.4. The molecule has 0 saturated carbocycles. The van der Waals surface area contributed by atoms with Crippen LogP contribution in [0.3, 0.4) is 0 Å². The van der Waals surface area contributed by atoms with Gasteiger partial charge in [0.2, 0.25) is 10.0 Å². The Morgan fingerprint density at radius 1 is 1.24 bits per heavy atom. The molecule has 1 saturated heterocycles. The third-order valence-electron chi connectivity index (χ3n) is 4.62. The molecule has 0 aliphatic carbocycles. The summed E-state index contributed by atoms with van der Waals surface area (Å²) in [6, 6.07) is 2.08. The van der Waals surface area contributed by atoms with Gasteiger partial charge in [-0.1, -0.05) is 27.2 Å². The van der Waals surface area contributed by atoms with Crippen LogP contribution in [0.4, 0.5) is 0 Å². The van der Waals surface area contributed by atoms with Gasteiger partial charge in [-0.3, -0.25) is 4.79 Å². The predicted molar refractivity (Wildman–Crippen MR) is 104 cm³/mol. The lowest BCUT2D eigenvalue weighted by atomic mass is 10.1. The maximum Gasteiger partial charge on any atom is 0.261 e. The van der Waals surface area contributed by atoms with Crippen molar-refractivity contribution in [2.45, 2.75) is 65.3 Å². The van der Waals surface area contributed by atoms with Crippen molar-refractivity contribution in [1.29, 1.82) is 0 Å². The van der Waals surface area contributed by atoms with Crippen molar-refractivity contribution in [3.05, 3.63) is 21.4 Å². The maximum absolute atomic E-state index is 12.5. The molecule has 25 heavy (non-hydrogen) atoms. The van der Waals surface area contributed by atoms with Crippen LogP contribution in [-0.2, 0) is 22.9 Å². The molecule has 1 aromatic heterocycles. The van der Waals surface area contributed by atoms with Gasteiger partial charge in [-0.05, 0) is 43.7 Å². The molecule has 1 N–H and O–H groups in total. The zero-order valence-corrected chi connectivity index (χ0v) is 17.1. The summed E-state index contributed by atoms with van der Waals surface area (Å²) in [5, 5.41) is 3.10. The van der Waals surface area contributed by atoms with Crippen molar-refractivity contribution in [3.8, 4) is 0 Å². The number of carbonyl (C=O) groups is 1. The summed E-state index contributed by atoms with van der Waals surface area (Å²) in [4.78, 5) is 14.6. The number of piperidine rings is 1. The second-order valence-corrected chi connectivity index (χ2v) is 9.85. The Morgan fingerprint density at radius 3 is 2.48 bits per heavy atom. The Balaban J connectivity index is 1.92. The van der Waals surface area contributed by atoms with Gasteiger partial charge in [0.1, 0.15) is 0 Å². The summed E-state index contributed by atoms with van der Waals surface area (Å²) in [6.45, 7) is 7.15. The fraction of sp³-hybridized carbons (Fsp3) is 0.722. The molecule has 1 aromatic rings. The van der Waals surface area contributed by atoms with Crippen LogP contribution in [0.15, 0.2) is 6.07 Å². The normalized spacial score (nSPS) is 16.9. The molecule has 5 nitrogen and oxygen atoms in total. The third-order valence-corrected chi connectivity index (χ3v) is 7.93. The molecule has 0 unspecified atom stereocenters. The van der Waals surface area contributed by atoms with Crippen LogP contribution in [0, 0.1) is 0 Å². The van der Waals surface area contributed by atoms with E-state index in [4.69, 9.17) is 0 Å². The largest absolute Gasteiger partial charge is 0.349 e. The number of sulfonamides is 1. The van der Waals surface area contributed by atoms with E-state index in [0.29, 0.717) is 32.4 Å². The average Bonchev–Trinajstić information content (AvgIpc) is 2.99. The van der Waals surface area contributed by atoms with Crippen LogP contribution >= 0.6 is 11.3 Å². The number of amides is 1. The molecule has 0 bridgehead atoms. The van der Waals surface area contributed by atoms with Gasteiger partial charge < -0.3 is 5.32 Å². The second kappa shape index (κ2) is 9.14. The fourth-order valence-corrected chi connectivity index (χ4v) is 6.04. The van der Waals surface area contributed by atoms with Gasteiger partial charge in [0.25, 0.3) is 5.91 Å². The topological polar surface area (TPSA) is 66.5 Å². The summed E-state index contributed by atoms with van der Waals surface area (Å²) in [7, 11) is -3.13. The summed E-state index contributed by atoms with van der Waals surface area (Å²) >= 11 is 1.60. The zero-order valence-electron chi connectivity index (χ0n) is 15.5. The van der Waals surface area contributed by atoms with Crippen molar-refractivity contribution in [2.24, 2.45) is 0 Å². The van der Waals surface area contributed by atoms with Gasteiger partial charge >= 0.3 is 0 Å². The second-order valence-electron chi connectivity index (χ2n) is 6.63. The van der Waals surface area contributed by atoms with Gasteiger partial charge in [0.05, 0.1) is 10.6 Å². The van der Waals surface area contributed by atoms with E-state index in [1.807, 2.05) is 13.0 Å². The highest BCUT2D eigenvalue weighted by Gasteiger charge is 2.28. The molecule has 1 aliphatic rings. The van der Waals surface area contributed by atoms with Gasteiger partial charge in [-0.25, -0.2) is 12.7 Å². The minimum atomic E-state index is -3.13. The van der Waals surface area contributed by atoms with E-state index in [1.54, 1.807) is 15.6 Å². The summed E-state index contributed by atoms with van der Waals surface area (Å²) in [5.74, 6) is 0.191. The lowest BCUT2D eigenvalue weighted by molar-refractivity contribution is 0.0928. The standard InChI is InChI=1S/C18H30N2O3S2/c1-4-7-16-14(6-3)13-17(24-16)18(21)19-15-8-10-20(11-9-15)25(22,23)12-5-2/h13,15H,4-12H2,1-3H3,(H,19,21). The predicted octanol–water partition coefficient (Wildman–Crippen LogP) is 3.20. The lowest BCUT2D eigenvalue weighted by Gasteiger charge is -2.31. The highest BCUT2D eigenvalue weighted by Crippen LogP contribution is 2.25. The van der Waals surface area contributed by atoms with Crippen LogP contribution in [0.1, 0.15) is 66.6 Å². The lowest BCUT2D eigenvalue weighted by Crippen LogP contribution is -2.46. The maximum atomic E-state index is 12.5. The van der Waals surface area contributed by atoms with Crippen LogP contribution < -0.4 is 5.32 Å². The molecule has 7 heteroatoms. The van der Waals surface area contributed by atoms with Crippen molar-refractivity contribution >= 4 is 27.3 Å². The van der Waals surface area contributed by atoms with Crippen LogP contribution in [0.25, 0.3) is 0 Å². The SMILES string of the molecule is CCCc1sc(C(=O)NC2CCN(S(=O)(=O)CCC)CC2)cc1CC. The highest BCUT2D eigenvalue weighted by atomic mass is 32.2. The number of carbonyl (C=O) groups excluding carboxylic acids is 1. The van der Waals surface area contributed by atoms with Gasteiger partial charge in [-0.15, -0.1) is 11.3 Å². The third kappa shape index (κ3) is 5.28. The summed E-state index contributed by atoms with van der Waals surface area (Å²) < 4.78 is 25.8. The average molecular weight is 387 g/mol. The molecule has 1 aliphatic heterocycles. The number of nitrogens with zero attached hydrogens (tertiary/aromatic N) is 1. The molecule has 2 rings (SSSR count). The van der Waals surface area contributed by atoms with Crippen LogP contribution in [0.5, 0.6) is 0 Å². The van der Waals surface area contributed by atoms with Crippen molar-refractivity contribution < 1.29 is 13.2 Å². The van der Waals surface area contributed by atoms with E-state index >= 15 is 0 Å². The van der Waals surface area contributed by atoms with Gasteiger partial charge in [-0.2, -0.15) is 0 Å². The number of aryl methyl sites for hydroxylation is 2. The number of hydrogen-bond acceptors (Lipinski definition) is 4. The molecule has 1 amide bonds. The first kappa shape index (κ1) is 20.4. The Kier molecular flexibility index (Phi) is 7.46. The quantitative estimate of drug-likeness (QED) is 0.746. The summed E-state index contributed by atoms with van der Waals surface area (Å²) in [5.41, 5.74) is 1.28. The molecule has 0 radical (unpaired) electrons. The fourth-order valence-electron chi connectivity index (χ4n) is 3.24. The molecule has 0 aromatic carbocycles. The smallest absolute Gasteiger partial charge is 0.261 e. The van der Waals surface area contributed by atoms with Crippen LogP contribution in [0.2, 0.25) is 0 Å². The van der Waals surface area contributed by atoms with E-state index in [-0.39, 0.29) is 17.7 Å². The Hall–Kier alpha value is -0.920. The monoisotopic (exact) mass is 386 g/mol. The first-order valence-electron chi connectivity index (χ1n) is 9.31. The van der Waals surface area contributed by atoms with Crippen LogP contribution in [-0.4, -0.2) is 43.5 Å². The number of rotatable bonds is 8. The van der Waals surface area contributed by atoms with Crippen molar-refractivity contribution in [3.63, 3.8) is 0 Å². The molecule has 142 valence electrons. The Labute approximate surface area is 155 Å². The first-order valence-corrected chi connectivity index (χ1v) is 11.7. The number of hydrogen-bond donors (Lipinski definition) is 1. The molecule has 1 fully saturated rings. The van der Waals surface area contributed by atoms with E-state index in [9.17, 15) is 13.2 Å².